The topological polar surface area (TPSA) is 81.4 Å². The van der Waals surface area contributed by atoms with Gasteiger partial charge < -0.3 is 15.8 Å². The monoisotopic (exact) mass is 258 g/mol. The SMILES string of the molecule is COC(=O)C(CC(C)C)NC(=O)C(N)C(C)(C)C. The summed E-state index contributed by atoms with van der Waals surface area (Å²) in [6.45, 7) is 9.60. The standard InChI is InChI=1S/C13H26N2O3/c1-8(2)7-9(12(17)18-6)15-11(16)10(14)13(3,4)5/h8-10H,7,14H2,1-6H3,(H,15,16). The van der Waals surface area contributed by atoms with Gasteiger partial charge >= 0.3 is 5.97 Å². The number of ether oxygens (including phenoxy) is 1. The maximum atomic E-state index is 12.0. The molecule has 3 N–H and O–H groups in total. The van der Waals surface area contributed by atoms with Crippen LogP contribution in [-0.2, 0) is 14.3 Å². The minimum Gasteiger partial charge on any atom is -0.467 e. The van der Waals surface area contributed by atoms with E-state index in [0.29, 0.717) is 6.42 Å². The van der Waals surface area contributed by atoms with E-state index < -0.39 is 18.1 Å². The Hall–Kier alpha value is -1.10. The fourth-order valence-corrected chi connectivity index (χ4v) is 1.48. The first-order chi connectivity index (χ1) is 8.09. The molecule has 0 fully saturated rings. The van der Waals surface area contributed by atoms with Gasteiger partial charge in [-0.2, -0.15) is 0 Å². The minimum absolute atomic E-state index is 0.278. The fraction of sp³-hybridized carbons (Fsp3) is 0.846. The van der Waals surface area contributed by atoms with Crippen molar-refractivity contribution in [1.29, 1.82) is 0 Å². The van der Waals surface area contributed by atoms with E-state index in [1.165, 1.54) is 7.11 Å². The Kier molecular flexibility index (Phi) is 6.32. The number of amides is 1. The van der Waals surface area contributed by atoms with Crippen LogP contribution in [-0.4, -0.2) is 31.1 Å². The molecular weight excluding hydrogens is 232 g/mol. The van der Waals surface area contributed by atoms with Crippen LogP contribution in [0.15, 0.2) is 0 Å². The summed E-state index contributed by atoms with van der Waals surface area (Å²) in [6.07, 6.45) is 0.537. The minimum atomic E-state index is -0.656. The molecule has 0 radical (unpaired) electrons. The molecule has 0 aromatic heterocycles. The molecule has 1 amide bonds. The number of carbonyl (C=O) groups excluding carboxylic acids is 2. The molecular formula is C13H26N2O3. The highest BCUT2D eigenvalue weighted by atomic mass is 16.5. The second-order valence-corrected chi connectivity index (χ2v) is 6.06. The Morgan fingerprint density at radius 1 is 1.28 bits per heavy atom. The molecule has 0 aliphatic heterocycles. The summed E-state index contributed by atoms with van der Waals surface area (Å²) in [5, 5.41) is 2.67. The van der Waals surface area contributed by atoms with Crippen LogP contribution in [0.5, 0.6) is 0 Å². The molecule has 2 atom stereocenters. The molecule has 5 heteroatoms. The molecule has 0 aliphatic rings. The number of esters is 1. The Morgan fingerprint density at radius 2 is 1.78 bits per heavy atom. The first-order valence-corrected chi connectivity index (χ1v) is 6.23. The average molecular weight is 258 g/mol. The number of hydrogen-bond acceptors (Lipinski definition) is 4. The quantitative estimate of drug-likeness (QED) is 0.723. The lowest BCUT2D eigenvalue weighted by molar-refractivity contribution is -0.146. The third-order valence-corrected chi connectivity index (χ3v) is 2.72. The summed E-state index contributed by atoms with van der Waals surface area (Å²) < 4.78 is 4.69. The van der Waals surface area contributed by atoms with Crippen LogP contribution in [0.4, 0.5) is 0 Å². The predicted molar refractivity (Wildman–Crippen MR) is 70.8 cm³/mol. The van der Waals surface area contributed by atoms with Crippen molar-refractivity contribution >= 4 is 11.9 Å². The van der Waals surface area contributed by atoms with E-state index >= 15 is 0 Å². The molecule has 2 unspecified atom stereocenters. The lowest BCUT2D eigenvalue weighted by Crippen LogP contribution is -2.53. The maximum absolute atomic E-state index is 12.0. The van der Waals surface area contributed by atoms with Crippen LogP contribution < -0.4 is 11.1 Å². The molecule has 0 aliphatic carbocycles. The average Bonchev–Trinajstić information content (AvgIpc) is 2.23. The van der Waals surface area contributed by atoms with Gasteiger partial charge in [-0.05, 0) is 17.8 Å². The molecule has 0 bridgehead atoms. The van der Waals surface area contributed by atoms with Gasteiger partial charge in [-0.15, -0.1) is 0 Å². The molecule has 5 nitrogen and oxygen atoms in total. The molecule has 0 spiro atoms. The zero-order chi connectivity index (χ0) is 14.5. The summed E-state index contributed by atoms with van der Waals surface area (Å²) in [5.74, 6) is -0.475. The molecule has 0 saturated carbocycles. The molecule has 0 rings (SSSR count). The van der Waals surface area contributed by atoms with Crippen molar-refractivity contribution in [3.05, 3.63) is 0 Å². The molecule has 106 valence electrons. The second kappa shape index (κ2) is 6.73. The molecule has 0 aromatic carbocycles. The van der Waals surface area contributed by atoms with Crippen LogP contribution in [0, 0.1) is 11.3 Å². The highest BCUT2D eigenvalue weighted by Gasteiger charge is 2.31. The summed E-state index contributed by atoms with van der Waals surface area (Å²) in [4.78, 5) is 23.5. The third-order valence-electron chi connectivity index (χ3n) is 2.72. The van der Waals surface area contributed by atoms with Crippen LogP contribution in [0.2, 0.25) is 0 Å². The number of nitrogens with one attached hydrogen (secondary N) is 1. The van der Waals surface area contributed by atoms with E-state index in [9.17, 15) is 9.59 Å². The number of methoxy groups -OCH3 is 1. The van der Waals surface area contributed by atoms with Gasteiger partial charge in [0.15, 0.2) is 0 Å². The number of carbonyl (C=O) groups is 2. The Balaban J connectivity index is 4.68. The predicted octanol–water partition coefficient (Wildman–Crippen LogP) is 1.06. The van der Waals surface area contributed by atoms with Crippen molar-refractivity contribution in [2.45, 2.75) is 53.1 Å². The van der Waals surface area contributed by atoms with Gasteiger partial charge in [0.05, 0.1) is 13.2 Å². The summed E-state index contributed by atoms with van der Waals surface area (Å²) in [7, 11) is 1.31. The van der Waals surface area contributed by atoms with Crippen molar-refractivity contribution < 1.29 is 14.3 Å². The van der Waals surface area contributed by atoms with Crippen LogP contribution >= 0.6 is 0 Å². The first kappa shape index (κ1) is 16.9. The fourth-order valence-electron chi connectivity index (χ4n) is 1.48. The lowest BCUT2D eigenvalue weighted by Gasteiger charge is -2.28. The Bertz CT molecular complexity index is 295. The maximum Gasteiger partial charge on any atom is 0.328 e. The molecule has 18 heavy (non-hydrogen) atoms. The van der Waals surface area contributed by atoms with Crippen LogP contribution in [0.1, 0.15) is 41.0 Å². The van der Waals surface area contributed by atoms with Crippen molar-refractivity contribution in [2.75, 3.05) is 7.11 Å². The van der Waals surface area contributed by atoms with E-state index in [0.717, 1.165) is 0 Å². The van der Waals surface area contributed by atoms with E-state index in [1.807, 2.05) is 34.6 Å². The smallest absolute Gasteiger partial charge is 0.328 e. The highest BCUT2D eigenvalue weighted by molar-refractivity contribution is 5.87. The van der Waals surface area contributed by atoms with Crippen LogP contribution in [0.25, 0.3) is 0 Å². The zero-order valence-corrected chi connectivity index (χ0v) is 12.2. The van der Waals surface area contributed by atoms with E-state index in [-0.39, 0.29) is 17.2 Å². The van der Waals surface area contributed by atoms with Gasteiger partial charge in [-0.1, -0.05) is 34.6 Å². The zero-order valence-electron chi connectivity index (χ0n) is 12.2. The lowest BCUT2D eigenvalue weighted by atomic mass is 9.86. The van der Waals surface area contributed by atoms with Gasteiger partial charge in [0.2, 0.25) is 5.91 Å². The number of nitrogens with two attached hydrogens (primary N) is 1. The summed E-state index contributed by atoms with van der Waals surface area (Å²) in [6, 6.07) is -1.28. The summed E-state index contributed by atoms with van der Waals surface area (Å²) >= 11 is 0. The largest absolute Gasteiger partial charge is 0.467 e. The van der Waals surface area contributed by atoms with Crippen LogP contribution in [0.3, 0.4) is 0 Å². The Labute approximate surface area is 109 Å². The van der Waals surface area contributed by atoms with Gasteiger partial charge in [0, 0.05) is 0 Å². The number of rotatable bonds is 5. The normalized spacial score (nSPS) is 15.1. The van der Waals surface area contributed by atoms with Crippen molar-refractivity contribution in [3.8, 4) is 0 Å². The van der Waals surface area contributed by atoms with Gasteiger partial charge in [-0.3, -0.25) is 4.79 Å². The van der Waals surface area contributed by atoms with E-state index in [4.69, 9.17) is 5.73 Å². The number of hydrogen-bond donors (Lipinski definition) is 2. The van der Waals surface area contributed by atoms with Gasteiger partial charge in [0.25, 0.3) is 0 Å². The van der Waals surface area contributed by atoms with E-state index in [1.54, 1.807) is 0 Å². The highest BCUT2D eigenvalue weighted by Crippen LogP contribution is 2.17. The molecule has 0 heterocycles. The molecule has 0 aromatic rings. The third kappa shape index (κ3) is 5.49. The molecule has 0 saturated heterocycles. The second-order valence-electron chi connectivity index (χ2n) is 6.06. The van der Waals surface area contributed by atoms with Crippen molar-refractivity contribution in [2.24, 2.45) is 17.1 Å². The van der Waals surface area contributed by atoms with Gasteiger partial charge in [0.1, 0.15) is 6.04 Å². The van der Waals surface area contributed by atoms with Crippen molar-refractivity contribution in [3.63, 3.8) is 0 Å². The van der Waals surface area contributed by atoms with Gasteiger partial charge in [-0.25, -0.2) is 4.79 Å². The van der Waals surface area contributed by atoms with E-state index in [2.05, 4.69) is 10.1 Å². The first-order valence-electron chi connectivity index (χ1n) is 6.23. The summed E-state index contributed by atoms with van der Waals surface area (Å²) in [5.41, 5.74) is 5.51. The Morgan fingerprint density at radius 3 is 2.11 bits per heavy atom. The van der Waals surface area contributed by atoms with Crippen molar-refractivity contribution in [1.82, 2.24) is 5.32 Å².